The predicted molar refractivity (Wildman–Crippen MR) is 69.2 cm³/mol. The highest BCUT2D eigenvalue weighted by Gasteiger charge is 2.30. The number of rotatable bonds is 5. The Balaban J connectivity index is 1.99. The van der Waals surface area contributed by atoms with Gasteiger partial charge in [0.1, 0.15) is 6.61 Å². The molecule has 0 fully saturated rings. The highest BCUT2D eigenvalue weighted by atomic mass is 19.4. The number of aliphatic carboxylic acids is 1. The molecule has 21 heavy (non-hydrogen) atoms. The molecule has 1 N–H and O–H groups in total. The fourth-order valence-electron chi connectivity index (χ4n) is 2.04. The highest BCUT2D eigenvalue weighted by molar-refractivity contribution is 5.80. The largest absolute Gasteiger partial charge is 0.481 e. The van der Waals surface area contributed by atoms with Crippen molar-refractivity contribution in [2.45, 2.75) is 31.5 Å². The molecule has 1 heterocycles. The zero-order chi connectivity index (χ0) is 15.5. The predicted octanol–water partition coefficient (Wildman–Crippen LogP) is 2.91. The third-order valence-corrected chi connectivity index (χ3v) is 3.07. The van der Waals surface area contributed by atoms with Gasteiger partial charge < -0.3 is 9.84 Å². The molecular weight excluding hydrogens is 287 g/mol. The van der Waals surface area contributed by atoms with Gasteiger partial charge in [0.05, 0.1) is 11.6 Å². The van der Waals surface area contributed by atoms with Crippen molar-refractivity contribution in [3.63, 3.8) is 0 Å². The van der Waals surface area contributed by atoms with E-state index < -0.39 is 17.7 Å². The lowest BCUT2D eigenvalue weighted by molar-refractivity contribution is -0.138. The van der Waals surface area contributed by atoms with Crippen molar-refractivity contribution in [3.8, 4) is 0 Å². The van der Waals surface area contributed by atoms with E-state index in [1.807, 2.05) is 0 Å². The Labute approximate surface area is 119 Å². The van der Waals surface area contributed by atoms with E-state index in [1.165, 1.54) is 6.07 Å². The Bertz CT molecular complexity index is 555. The average molecular weight is 301 g/mol. The maximum Gasteiger partial charge on any atom is 0.416 e. The summed E-state index contributed by atoms with van der Waals surface area (Å²) >= 11 is 0. The minimum atomic E-state index is -4.38. The maximum atomic E-state index is 12.6. The second-order valence-electron chi connectivity index (χ2n) is 4.79. The zero-order valence-electron chi connectivity index (χ0n) is 11.1. The van der Waals surface area contributed by atoms with Gasteiger partial charge in [-0.15, -0.1) is 0 Å². The molecule has 1 aliphatic heterocycles. The minimum Gasteiger partial charge on any atom is -0.481 e. The number of hydrogen-bond donors (Lipinski definition) is 1. The lowest BCUT2D eigenvalue weighted by Gasteiger charge is -2.08. The van der Waals surface area contributed by atoms with E-state index in [-0.39, 0.29) is 25.5 Å². The number of ether oxygens (including phenoxy) is 1. The smallest absolute Gasteiger partial charge is 0.416 e. The van der Waals surface area contributed by atoms with Crippen molar-refractivity contribution >= 4 is 11.9 Å². The molecule has 7 heteroatoms. The number of alkyl halides is 3. The van der Waals surface area contributed by atoms with Crippen LogP contribution in [0, 0.1) is 0 Å². The van der Waals surface area contributed by atoms with E-state index in [4.69, 9.17) is 9.84 Å². The van der Waals surface area contributed by atoms with Crippen LogP contribution in [0.3, 0.4) is 0 Å². The molecule has 1 aromatic carbocycles. The van der Waals surface area contributed by atoms with Crippen molar-refractivity contribution in [2.24, 2.45) is 4.99 Å². The zero-order valence-corrected chi connectivity index (χ0v) is 11.1. The maximum absolute atomic E-state index is 12.6. The van der Waals surface area contributed by atoms with Crippen LogP contribution < -0.4 is 0 Å². The molecule has 0 saturated heterocycles. The van der Waals surface area contributed by atoms with Crippen LogP contribution in [-0.2, 0) is 22.1 Å². The summed E-state index contributed by atoms with van der Waals surface area (Å²) in [5.41, 5.74) is -0.247. The molecule has 1 aliphatic rings. The summed E-state index contributed by atoms with van der Waals surface area (Å²) < 4.78 is 43.1. The number of carboxylic acid groups (broad SMARTS) is 1. The third-order valence-electron chi connectivity index (χ3n) is 3.07. The highest BCUT2D eigenvalue weighted by Crippen LogP contribution is 2.29. The minimum absolute atomic E-state index is 0.00559. The second kappa shape index (κ2) is 6.15. The number of carbonyl (C=O) groups is 1. The molecule has 4 nitrogen and oxygen atoms in total. The molecule has 114 valence electrons. The van der Waals surface area contributed by atoms with E-state index in [2.05, 4.69) is 4.99 Å². The summed E-state index contributed by atoms with van der Waals surface area (Å²) in [7, 11) is 0. The SMILES string of the molecule is O=C(O)CCC1COC(Cc2cccc(C(F)(F)F)c2)=N1. The Morgan fingerprint density at radius 1 is 1.43 bits per heavy atom. The number of benzene rings is 1. The lowest BCUT2D eigenvalue weighted by atomic mass is 10.1. The number of nitrogens with zero attached hydrogens (tertiary/aromatic N) is 1. The lowest BCUT2D eigenvalue weighted by Crippen LogP contribution is -2.09. The van der Waals surface area contributed by atoms with Crippen LogP contribution in [0.4, 0.5) is 13.2 Å². The molecular formula is C14H14F3NO3. The monoisotopic (exact) mass is 301 g/mol. The van der Waals surface area contributed by atoms with Gasteiger partial charge in [0.25, 0.3) is 0 Å². The summed E-state index contributed by atoms with van der Waals surface area (Å²) in [6.45, 7) is 0.279. The first-order chi connectivity index (χ1) is 9.84. The molecule has 0 aromatic heterocycles. The van der Waals surface area contributed by atoms with Gasteiger partial charge in [0.2, 0.25) is 0 Å². The van der Waals surface area contributed by atoms with Crippen LogP contribution in [0.2, 0.25) is 0 Å². The first-order valence-corrected chi connectivity index (χ1v) is 6.42. The number of hydrogen-bond acceptors (Lipinski definition) is 3. The van der Waals surface area contributed by atoms with Gasteiger partial charge >= 0.3 is 12.1 Å². The summed E-state index contributed by atoms with van der Waals surface area (Å²) in [5, 5.41) is 8.59. The van der Waals surface area contributed by atoms with Crippen molar-refractivity contribution in [2.75, 3.05) is 6.61 Å². The van der Waals surface area contributed by atoms with E-state index >= 15 is 0 Å². The molecule has 0 radical (unpaired) electrons. The normalized spacial score (nSPS) is 18.2. The number of aliphatic imine (C=N–C) groups is 1. The molecule has 1 atom stereocenters. The van der Waals surface area contributed by atoms with Crippen LogP contribution in [0.25, 0.3) is 0 Å². The fraction of sp³-hybridized carbons (Fsp3) is 0.429. The van der Waals surface area contributed by atoms with Gasteiger partial charge in [0.15, 0.2) is 5.90 Å². The van der Waals surface area contributed by atoms with E-state index in [9.17, 15) is 18.0 Å². The van der Waals surface area contributed by atoms with Crippen LogP contribution in [-0.4, -0.2) is 29.6 Å². The van der Waals surface area contributed by atoms with Crippen LogP contribution in [0.15, 0.2) is 29.3 Å². The Hall–Kier alpha value is -2.05. The molecule has 2 rings (SSSR count). The van der Waals surface area contributed by atoms with Crippen molar-refractivity contribution < 1.29 is 27.8 Å². The molecule has 1 aromatic rings. The molecule has 0 spiro atoms. The summed E-state index contributed by atoms with van der Waals surface area (Å²) in [6, 6.07) is 4.76. The molecule has 0 saturated carbocycles. The van der Waals surface area contributed by atoms with Crippen LogP contribution >= 0.6 is 0 Å². The Morgan fingerprint density at radius 2 is 2.19 bits per heavy atom. The van der Waals surface area contributed by atoms with Gasteiger partial charge in [-0.1, -0.05) is 18.2 Å². The summed E-state index contributed by atoms with van der Waals surface area (Å²) in [6.07, 6.45) is -3.85. The third kappa shape index (κ3) is 4.47. The second-order valence-corrected chi connectivity index (χ2v) is 4.79. The molecule has 1 unspecified atom stereocenters. The van der Waals surface area contributed by atoms with Crippen LogP contribution in [0.5, 0.6) is 0 Å². The van der Waals surface area contributed by atoms with Gasteiger partial charge in [-0.2, -0.15) is 13.2 Å². The summed E-state index contributed by atoms with van der Waals surface area (Å²) in [5.74, 6) is -0.554. The van der Waals surface area contributed by atoms with Crippen molar-refractivity contribution in [3.05, 3.63) is 35.4 Å². The summed E-state index contributed by atoms with van der Waals surface area (Å²) in [4.78, 5) is 14.7. The van der Waals surface area contributed by atoms with E-state index in [1.54, 1.807) is 6.07 Å². The molecule has 0 amide bonds. The van der Waals surface area contributed by atoms with Gasteiger partial charge in [0, 0.05) is 12.8 Å². The van der Waals surface area contributed by atoms with Crippen LogP contribution in [0.1, 0.15) is 24.0 Å². The van der Waals surface area contributed by atoms with Crippen molar-refractivity contribution in [1.29, 1.82) is 0 Å². The van der Waals surface area contributed by atoms with Gasteiger partial charge in [-0.3, -0.25) is 4.79 Å². The molecule has 0 aliphatic carbocycles. The van der Waals surface area contributed by atoms with Crippen molar-refractivity contribution in [1.82, 2.24) is 0 Å². The van der Waals surface area contributed by atoms with E-state index in [0.717, 1.165) is 12.1 Å². The van der Waals surface area contributed by atoms with E-state index in [0.29, 0.717) is 17.9 Å². The average Bonchev–Trinajstić information content (AvgIpc) is 2.83. The number of halogens is 3. The fourth-order valence-corrected chi connectivity index (χ4v) is 2.04. The Morgan fingerprint density at radius 3 is 2.86 bits per heavy atom. The standard InChI is InChI=1S/C14H14F3NO3/c15-14(16,17)10-3-1-2-9(6-10)7-12-18-11(8-21-12)4-5-13(19)20/h1-3,6,11H,4-5,7-8H2,(H,19,20). The Kier molecular flexibility index (Phi) is 4.50. The number of carboxylic acids is 1. The van der Waals surface area contributed by atoms with Gasteiger partial charge in [-0.05, 0) is 18.1 Å². The first-order valence-electron chi connectivity index (χ1n) is 6.42. The molecule has 0 bridgehead atoms. The first kappa shape index (κ1) is 15.3. The topological polar surface area (TPSA) is 58.9 Å². The quantitative estimate of drug-likeness (QED) is 0.909. The van der Waals surface area contributed by atoms with Gasteiger partial charge in [-0.25, -0.2) is 4.99 Å².